The summed E-state index contributed by atoms with van der Waals surface area (Å²) in [7, 11) is 0. The monoisotopic (exact) mass is 258 g/mol. The molecule has 0 bridgehead atoms. The maximum absolute atomic E-state index is 11.7. The second-order valence-corrected chi connectivity index (χ2v) is 4.51. The standard InChI is InChI=1S/C15H18N2O2/c1-4-19-15(18)14-9-16-17(12(14)3)10-13-7-5-6-11(2)8-13/h5-9H,4,10H2,1-3H3. The highest BCUT2D eigenvalue weighted by molar-refractivity contribution is 5.90. The number of rotatable bonds is 4. The number of esters is 1. The third-order valence-corrected chi connectivity index (χ3v) is 3.01. The highest BCUT2D eigenvalue weighted by atomic mass is 16.5. The SMILES string of the molecule is CCOC(=O)c1cnn(Cc2cccc(C)c2)c1C. The van der Waals surface area contributed by atoms with Gasteiger partial charge in [0.2, 0.25) is 0 Å². The zero-order valence-electron chi connectivity index (χ0n) is 11.5. The van der Waals surface area contributed by atoms with Gasteiger partial charge in [0.25, 0.3) is 0 Å². The number of aromatic nitrogens is 2. The van der Waals surface area contributed by atoms with Crippen LogP contribution in [0.15, 0.2) is 30.5 Å². The summed E-state index contributed by atoms with van der Waals surface area (Å²) in [4.78, 5) is 11.7. The topological polar surface area (TPSA) is 44.1 Å². The lowest BCUT2D eigenvalue weighted by Gasteiger charge is -2.06. The van der Waals surface area contributed by atoms with Gasteiger partial charge in [-0.3, -0.25) is 4.68 Å². The highest BCUT2D eigenvalue weighted by Gasteiger charge is 2.15. The summed E-state index contributed by atoms with van der Waals surface area (Å²) in [6.45, 7) is 6.77. The van der Waals surface area contributed by atoms with Gasteiger partial charge < -0.3 is 4.74 Å². The van der Waals surface area contributed by atoms with Crippen LogP contribution in [-0.2, 0) is 11.3 Å². The van der Waals surface area contributed by atoms with Crippen LogP contribution in [0, 0.1) is 13.8 Å². The van der Waals surface area contributed by atoms with E-state index in [0.717, 1.165) is 5.69 Å². The fourth-order valence-corrected chi connectivity index (χ4v) is 2.00. The van der Waals surface area contributed by atoms with Gasteiger partial charge in [0.1, 0.15) is 5.56 Å². The predicted octanol–water partition coefficient (Wildman–Crippen LogP) is 2.72. The Bertz CT molecular complexity index is 588. The van der Waals surface area contributed by atoms with Crippen LogP contribution in [0.25, 0.3) is 0 Å². The number of ether oxygens (including phenoxy) is 1. The molecular weight excluding hydrogens is 240 g/mol. The molecule has 0 saturated heterocycles. The third-order valence-electron chi connectivity index (χ3n) is 3.01. The molecule has 0 fully saturated rings. The predicted molar refractivity (Wildman–Crippen MR) is 73.2 cm³/mol. The van der Waals surface area contributed by atoms with Gasteiger partial charge in [-0.25, -0.2) is 4.79 Å². The van der Waals surface area contributed by atoms with Crippen molar-refractivity contribution in [2.45, 2.75) is 27.3 Å². The van der Waals surface area contributed by atoms with E-state index in [9.17, 15) is 4.79 Å². The van der Waals surface area contributed by atoms with Gasteiger partial charge in [-0.1, -0.05) is 29.8 Å². The summed E-state index contributed by atoms with van der Waals surface area (Å²) in [5.41, 5.74) is 3.75. The molecule has 1 heterocycles. The summed E-state index contributed by atoms with van der Waals surface area (Å²) in [5.74, 6) is -0.310. The normalized spacial score (nSPS) is 10.5. The van der Waals surface area contributed by atoms with Crippen LogP contribution in [0.2, 0.25) is 0 Å². The van der Waals surface area contributed by atoms with E-state index in [1.54, 1.807) is 13.1 Å². The number of benzene rings is 1. The Balaban J connectivity index is 2.20. The second-order valence-electron chi connectivity index (χ2n) is 4.51. The molecule has 2 aromatic rings. The first kappa shape index (κ1) is 13.3. The Hall–Kier alpha value is -2.10. The summed E-state index contributed by atoms with van der Waals surface area (Å²) >= 11 is 0. The summed E-state index contributed by atoms with van der Waals surface area (Å²) in [6.07, 6.45) is 1.57. The minimum atomic E-state index is -0.310. The Labute approximate surface area is 113 Å². The molecule has 1 aromatic carbocycles. The van der Waals surface area contributed by atoms with Crippen molar-refractivity contribution >= 4 is 5.97 Å². The average molecular weight is 258 g/mol. The van der Waals surface area contributed by atoms with Crippen LogP contribution in [0.3, 0.4) is 0 Å². The number of aryl methyl sites for hydroxylation is 1. The first-order chi connectivity index (χ1) is 9.11. The van der Waals surface area contributed by atoms with Crippen molar-refractivity contribution < 1.29 is 9.53 Å². The number of carbonyl (C=O) groups excluding carboxylic acids is 1. The van der Waals surface area contributed by atoms with Gasteiger partial charge in [0.05, 0.1) is 25.0 Å². The molecule has 2 rings (SSSR count). The number of hydrogen-bond donors (Lipinski definition) is 0. The largest absolute Gasteiger partial charge is 0.462 e. The fraction of sp³-hybridized carbons (Fsp3) is 0.333. The van der Waals surface area contributed by atoms with Gasteiger partial charge >= 0.3 is 5.97 Å². The van der Waals surface area contributed by atoms with E-state index in [1.807, 2.05) is 17.7 Å². The number of nitrogens with zero attached hydrogens (tertiary/aromatic N) is 2. The van der Waals surface area contributed by atoms with E-state index in [0.29, 0.717) is 18.7 Å². The molecule has 0 amide bonds. The minimum Gasteiger partial charge on any atom is -0.462 e. The van der Waals surface area contributed by atoms with Crippen LogP contribution in [-0.4, -0.2) is 22.4 Å². The fourth-order valence-electron chi connectivity index (χ4n) is 2.00. The van der Waals surface area contributed by atoms with Gasteiger partial charge in [-0.15, -0.1) is 0 Å². The zero-order chi connectivity index (χ0) is 13.8. The molecule has 1 aromatic heterocycles. The van der Waals surface area contributed by atoms with Crippen molar-refractivity contribution in [1.29, 1.82) is 0 Å². The Morgan fingerprint density at radius 3 is 2.84 bits per heavy atom. The minimum absolute atomic E-state index is 0.310. The van der Waals surface area contributed by atoms with Gasteiger partial charge in [-0.05, 0) is 26.3 Å². The molecule has 0 radical (unpaired) electrons. The van der Waals surface area contributed by atoms with Gasteiger partial charge in [-0.2, -0.15) is 5.10 Å². The summed E-state index contributed by atoms with van der Waals surface area (Å²) in [5, 5.41) is 4.26. The smallest absolute Gasteiger partial charge is 0.341 e. The molecule has 100 valence electrons. The third kappa shape index (κ3) is 3.02. The molecule has 0 N–H and O–H groups in total. The average Bonchev–Trinajstić information content (AvgIpc) is 2.71. The van der Waals surface area contributed by atoms with E-state index in [-0.39, 0.29) is 5.97 Å². The quantitative estimate of drug-likeness (QED) is 0.792. The molecule has 0 aliphatic carbocycles. The lowest BCUT2D eigenvalue weighted by atomic mass is 10.1. The van der Waals surface area contributed by atoms with Gasteiger partial charge in [0.15, 0.2) is 0 Å². The first-order valence-corrected chi connectivity index (χ1v) is 6.37. The van der Waals surface area contributed by atoms with E-state index < -0.39 is 0 Å². The molecule has 0 atom stereocenters. The van der Waals surface area contributed by atoms with Crippen molar-refractivity contribution in [3.63, 3.8) is 0 Å². The van der Waals surface area contributed by atoms with Crippen molar-refractivity contribution in [2.75, 3.05) is 6.61 Å². The molecule has 0 unspecified atom stereocenters. The van der Waals surface area contributed by atoms with Crippen molar-refractivity contribution in [2.24, 2.45) is 0 Å². The lowest BCUT2D eigenvalue weighted by molar-refractivity contribution is 0.0525. The van der Waals surface area contributed by atoms with E-state index >= 15 is 0 Å². The maximum atomic E-state index is 11.7. The maximum Gasteiger partial charge on any atom is 0.341 e. The van der Waals surface area contributed by atoms with Crippen molar-refractivity contribution in [3.8, 4) is 0 Å². The Morgan fingerprint density at radius 1 is 1.37 bits per heavy atom. The van der Waals surface area contributed by atoms with Crippen LogP contribution < -0.4 is 0 Å². The van der Waals surface area contributed by atoms with Crippen molar-refractivity contribution in [3.05, 3.63) is 52.8 Å². The first-order valence-electron chi connectivity index (χ1n) is 6.37. The Morgan fingerprint density at radius 2 is 2.16 bits per heavy atom. The van der Waals surface area contributed by atoms with Crippen LogP contribution in [0.5, 0.6) is 0 Å². The van der Waals surface area contributed by atoms with Crippen molar-refractivity contribution in [1.82, 2.24) is 9.78 Å². The van der Waals surface area contributed by atoms with E-state index in [4.69, 9.17) is 4.74 Å². The van der Waals surface area contributed by atoms with Crippen LogP contribution in [0.4, 0.5) is 0 Å². The molecule has 0 aliphatic heterocycles. The molecule has 4 nitrogen and oxygen atoms in total. The number of hydrogen-bond acceptors (Lipinski definition) is 3. The zero-order valence-corrected chi connectivity index (χ0v) is 11.5. The molecule has 0 saturated carbocycles. The second kappa shape index (κ2) is 5.69. The highest BCUT2D eigenvalue weighted by Crippen LogP contribution is 2.12. The lowest BCUT2D eigenvalue weighted by Crippen LogP contribution is -2.08. The van der Waals surface area contributed by atoms with E-state index in [2.05, 4.69) is 30.2 Å². The summed E-state index contributed by atoms with van der Waals surface area (Å²) < 4.78 is 6.82. The molecular formula is C15H18N2O2. The Kier molecular flexibility index (Phi) is 4.00. The molecule has 4 heteroatoms. The van der Waals surface area contributed by atoms with E-state index in [1.165, 1.54) is 11.1 Å². The number of carbonyl (C=O) groups is 1. The van der Waals surface area contributed by atoms with Gasteiger partial charge in [0, 0.05) is 0 Å². The molecule has 19 heavy (non-hydrogen) atoms. The summed E-state index contributed by atoms with van der Waals surface area (Å²) in [6, 6.07) is 8.25. The molecule has 0 aliphatic rings. The van der Waals surface area contributed by atoms with Crippen LogP contribution in [0.1, 0.15) is 34.1 Å². The van der Waals surface area contributed by atoms with Crippen LogP contribution >= 0.6 is 0 Å². The molecule has 0 spiro atoms.